The second-order valence-corrected chi connectivity index (χ2v) is 9.71. The SMILES string of the molecule is CC(C)Oc1ccc(C(=O)NNC(=O)COc2ccc(C(C)(C)C)cc2Br)cc1Br. The van der Waals surface area contributed by atoms with Crippen molar-refractivity contribution >= 4 is 43.7 Å². The summed E-state index contributed by atoms with van der Waals surface area (Å²) in [6.45, 7) is 9.96. The Hall–Kier alpha value is -2.06. The van der Waals surface area contributed by atoms with Crippen LogP contribution in [0.25, 0.3) is 0 Å². The highest BCUT2D eigenvalue weighted by Crippen LogP contribution is 2.31. The van der Waals surface area contributed by atoms with Gasteiger partial charge in [0, 0.05) is 5.56 Å². The lowest BCUT2D eigenvalue weighted by Gasteiger charge is -2.20. The van der Waals surface area contributed by atoms with Crippen LogP contribution in [0.5, 0.6) is 11.5 Å². The van der Waals surface area contributed by atoms with Gasteiger partial charge >= 0.3 is 0 Å². The number of amides is 2. The Morgan fingerprint density at radius 1 is 0.967 bits per heavy atom. The lowest BCUT2D eigenvalue weighted by molar-refractivity contribution is -0.123. The van der Waals surface area contributed by atoms with Crippen molar-refractivity contribution in [3.63, 3.8) is 0 Å². The first-order valence-electron chi connectivity index (χ1n) is 9.45. The number of rotatable bonds is 6. The highest BCUT2D eigenvalue weighted by molar-refractivity contribution is 9.10. The fraction of sp³-hybridized carbons (Fsp3) is 0.364. The van der Waals surface area contributed by atoms with Gasteiger partial charge in [0.05, 0.1) is 15.0 Å². The van der Waals surface area contributed by atoms with Crippen LogP contribution in [0.2, 0.25) is 0 Å². The molecule has 6 nitrogen and oxygen atoms in total. The molecular formula is C22H26Br2N2O4. The van der Waals surface area contributed by atoms with Gasteiger partial charge in [-0.2, -0.15) is 0 Å². The van der Waals surface area contributed by atoms with E-state index in [-0.39, 0.29) is 18.1 Å². The molecule has 2 N–H and O–H groups in total. The fourth-order valence-electron chi connectivity index (χ4n) is 2.45. The summed E-state index contributed by atoms with van der Waals surface area (Å²) in [5.41, 5.74) is 6.25. The number of hydrogen-bond donors (Lipinski definition) is 2. The van der Waals surface area contributed by atoms with Crippen molar-refractivity contribution in [1.82, 2.24) is 10.9 Å². The van der Waals surface area contributed by atoms with E-state index in [9.17, 15) is 9.59 Å². The molecule has 0 bridgehead atoms. The van der Waals surface area contributed by atoms with E-state index in [0.717, 1.165) is 10.0 Å². The zero-order valence-electron chi connectivity index (χ0n) is 17.6. The summed E-state index contributed by atoms with van der Waals surface area (Å²) in [4.78, 5) is 24.3. The van der Waals surface area contributed by atoms with E-state index in [2.05, 4.69) is 63.5 Å². The van der Waals surface area contributed by atoms with E-state index in [4.69, 9.17) is 9.47 Å². The minimum Gasteiger partial charge on any atom is -0.490 e. The van der Waals surface area contributed by atoms with Gasteiger partial charge in [-0.15, -0.1) is 0 Å². The second kappa shape index (κ2) is 10.3. The van der Waals surface area contributed by atoms with Gasteiger partial charge in [-0.1, -0.05) is 26.8 Å². The lowest BCUT2D eigenvalue weighted by atomic mass is 9.87. The summed E-state index contributed by atoms with van der Waals surface area (Å²) in [7, 11) is 0. The molecule has 2 aromatic rings. The van der Waals surface area contributed by atoms with Crippen molar-refractivity contribution in [2.45, 2.75) is 46.1 Å². The van der Waals surface area contributed by atoms with Crippen LogP contribution in [0.15, 0.2) is 45.3 Å². The van der Waals surface area contributed by atoms with E-state index in [1.165, 1.54) is 0 Å². The Morgan fingerprint density at radius 3 is 2.17 bits per heavy atom. The van der Waals surface area contributed by atoms with Gasteiger partial charge in [0.25, 0.3) is 11.8 Å². The first-order valence-corrected chi connectivity index (χ1v) is 11.0. The van der Waals surface area contributed by atoms with Gasteiger partial charge < -0.3 is 9.47 Å². The quantitative estimate of drug-likeness (QED) is 0.497. The minimum absolute atomic E-state index is 0.0107. The third kappa shape index (κ3) is 7.02. The predicted molar refractivity (Wildman–Crippen MR) is 124 cm³/mol. The molecule has 0 heterocycles. The van der Waals surface area contributed by atoms with Crippen LogP contribution in [0.1, 0.15) is 50.5 Å². The molecule has 2 rings (SSSR count). The van der Waals surface area contributed by atoms with Crippen molar-refractivity contribution in [3.05, 3.63) is 56.5 Å². The van der Waals surface area contributed by atoms with Crippen molar-refractivity contribution in [2.24, 2.45) is 0 Å². The molecule has 2 aromatic carbocycles. The Bertz CT molecular complexity index is 924. The minimum atomic E-state index is -0.478. The molecule has 0 atom stereocenters. The van der Waals surface area contributed by atoms with Crippen LogP contribution >= 0.6 is 31.9 Å². The molecule has 0 saturated heterocycles. The maximum atomic E-state index is 12.3. The first kappa shape index (κ1) is 24.2. The second-order valence-electron chi connectivity index (χ2n) is 8.00. The Morgan fingerprint density at radius 2 is 1.60 bits per heavy atom. The molecule has 0 aliphatic carbocycles. The normalized spacial score (nSPS) is 11.2. The van der Waals surface area contributed by atoms with Crippen LogP contribution in [-0.2, 0) is 10.2 Å². The van der Waals surface area contributed by atoms with Crippen LogP contribution in [-0.4, -0.2) is 24.5 Å². The highest BCUT2D eigenvalue weighted by atomic mass is 79.9. The molecule has 162 valence electrons. The van der Waals surface area contributed by atoms with E-state index < -0.39 is 11.8 Å². The van der Waals surface area contributed by atoms with E-state index in [0.29, 0.717) is 21.5 Å². The monoisotopic (exact) mass is 540 g/mol. The third-order valence-corrected chi connectivity index (χ3v) is 5.27. The van der Waals surface area contributed by atoms with Crippen LogP contribution in [0.4, 0.5) is 0 Å². The number of hydrogen-bond acceptors (Lipinski definition) is 4. The topological polar surface area (TPSA) is 76.7 Å². The summed E-state index contributed by atoms with van der Waals surface area (Å²) >= 11 is 6.85. The predicted octanol–water partition coefficient (Wildman–Crippen LogP) is 5.14. The number of benzene rings is 2. The van der Waals surface area contributed by atoms with Gasteiger partial charge in [0.1, 0.15) is 11.5 Å². The third-order valence-electron chi connectivity index (χ3n) is 4.03. The summed E-state index contributed by atoms with van der Waals surface area (Å²) in [5.74, 6) is 0.265. The molecule has 0 saturated carbocycles. The maximum absolute atomic E-state index is 12.3. The summed E-state index contributed by atoms with van der Waals surface area (Å²) in [6.07, 6.45) is 0.0185. The molecule has 8 heteroatoms. The Balaban J connectivity index is 1.87. The number of carbonyl (C=O) groups is 2. The van der Waals surface area contributed by atoms with Crippen molar-refractivity contribution in [3.8, 4) is 11.5 Å². The highest BCUT2D eigenvalue weighted by Gasteiger charge is 2.16. The van der Waals surface area contributed by atoms with Crippen LogP contribution < -0.4 is 20.3 Å². The standard InChI is InChI=1S/C22H26Br2N2O4/c1-13(2)30-19-8-6-14(10-16(19)23)21(28)26-25-20(27)12-29-18-9-7-15(11-17(18)24)22(3,4)5/h6-11,13H,12H2,1-5H3,(H,25,27)(H,26,28). The first-order chi connectivity index (χ1) is 14.0. The smallest absolute Gasteiger partial charge is 0.276 e. The molecule has 0 spiro atoms. The zero-order chi connectivity index (χ0) is 22.5. The van der Waals surface area contributed by atoms with E-state index in [1.807, 2.05) is 32.0 Å². The molecule has 0 aromatic heterocycles. The Kier molecular flexibility index (Phi) is 8.32. The Labute approximate surface area is 193 Å². The van der Waals surface area contributed by atoms with Crippen LogP contribution in [0.3, 0.4) is 0 Å². The molecule has 0 radical (unpaired) electrons. The zero-order valence-corrected chi connectivity index (χ0v) is 20.8. The number of ether oxygens (including phenoxy) is 2. The summed E-state index contributed by atoms with van der Waals surface area (Å²) in [5, 5.41) is 0. The molecule has 0 unspecified atom stereocenters. The largest absolute Gasteiger partial charge is 0.490 e. The number of halogens is 2. The van der Waals surface area contributed by atoms with Gasteiger partial charge in [0.2, 0.25) is 0 Å². The molecule has 0 aliphatic rings. The van der Waals surface area contributed by atoms with Crippen LogP contribution in [0, 0.1) is 0 Å². The molecule has 0 aliphatic heterocycles. The maximum Gasteiger partial charge on any atom is 0.276 e. The summed E-state index contributed by atoms with van der Waals surface area (Å²) in [6, 6.07) is 10.7. The average molecular weight is 542 g/mol. The van der Waals surface area contributed by atoms with Gasteiger partial charge in [-0.05, 0) is 87.0 Å². The lowest BCUT2D eigenvalue weighted by Crippen LogP contribution is -2.43. The van der Waals surface area contributed by atoms with Crippen molar-refractivity contribution < 1.29 is 19.1 Å². The van der Waals surface area contributed by atoms with E-state index in [1.54, 1.807) is 18.2 Å². The van der Waals surface area contributed by atoms with Crippen molar-refractivity contribution in [1.29, 1.82) is 0 Å². The molecular weight excluding hydrogens is 516 g/mol. The van der Waals surface area contributed by atoms with E-state index >= 15 is 0 Å². The summed E-state index contributed by atoms with van der Waals surface area (Å²) < 4.78 is 12.6. The molecule has 2 amide bonds. The average Bonchev–Trinajstić information content (AvgIpc) is 2.65. The van der Waals surface area contributed by atoms with Gasteiger partial charge in [-0.25, -0.2) is 0 Å². The fourth-order valence-corrected chi connectivity index (χ4v) is 3.42. The number of carbonyl (C=O) groups excluding carboxylic acids is 2. The molecule has 0 fully saturated rings. The van der Waals surface area contributed by atoms with Crippen molar-refractivity contribution in [2.75, 3.05) is 6.61 Å². The number of nitrogens with one attached hydrogen (secondary N) is 2. The van der Waals surface area contributed by atoms with Gasteiger partial charge in [0.15, 0.2) is 6.61 Å². The number of hydrazine groups is 1. The molecule has 30 heavy (non-hydrogen) atoms. The van der Waals surface area contributed by atoms with Gasteiger partial charge in [-0.3, -0.25) is 20.4 Å².